The van der Waals surface area contributed by atoms with Crippen LogP contribution in [0.5, 0.6) is 11.8 Å². The highest BCUT2D eigenvalue weighted by atomic mass is 16.6. The van der Waals surface area contributed by atoms with Gasteiger partial charge >= 0.3 is 12.1 Å². The molecule has 0 unspecified atom stereocenters. The number of methoxy groups -OCH3 is 1. The fourth-order valence-electron chi connectivity index (χ4n) is 3.57. The van der Waals surface area contributed by atoms with Crippen molar-refractivity contribution in [1.82, 2.24) is 29.8 Å². The molecule has 3 heterocycles. The number of hydrogen-bond donors (Lipinski definition) is 2. The molecule has 35 heavy (non-hydrogen) atoms. The molecule has 0 spiro atoms. The molecular formula is C24H33N7O4. The Bertz CT molecular complexity index is 1160. The summed E-state index contributed by atoms with van der Waals surface area (Å²) in [6, 6.07) is 7.99. The van der Waals surface area contributed by atoms with Gasteiger partial charge in [-0.1, -0.05) is 26.0 Å². The third-order valence-electron chi connectivity index (χ3n) is 5.92. The van der Waals surface area contributed by atoms with Crippen molar-refractivity contribution in [3.63, 3.8) is 0 Å². The van der Waals surface area contributed by atoms with Crippen LogP contribution in [0.4, 0.5) is 10.7 Å². The van der Waals surface area contributed by atoms with Crippen molar-refractivity contribution in [2.75, 3.05) is 45.7 Å². The van der Waals surface area contributed by atoms with Gasteiger partial charge in [0.1, 0.15) is 18.5 Å². The molecule has 0 aliphatic carbocycles. The molecule has 0 bridgehead atoms. The van der Waals surface area contributed by atoms with Crippen LogP contribution in [0.25, 0.3) is 5.65 Å². The third-order valence-corrected chi connectivity index (χ3v) is 5.92. The molecule has 1 aromatic carbocycles. The van der Waals surface area contributed by atoms with Crippen LogP contribution in [-0.2, 0) is 4.74 Å². The lowest BCUT2D eigenvalue weighted by atomic mass is 10.1. The number of hydrogen-bond acceptors (Lipinski definition) is 9. The molecule has 0 saturated carbocycles. The SMILES string of the molecule is COc1cccc([C@H](C)Nc2nc(OCCN(C)C(=O)OC3CNC3)nc3c(C(C)C)cnn23)c1. The topological polar surface area (TPSA) is 115 Å². The number of nitrogens with one attached hydrogen (secondary N) is 2. The first kappa shape index (κ1) is 24.5. The molecule has 2 aromatic heterocycles. The highest BCUT2D eigenvalue weighted by Crippen LogP contribution is 2.26. The molecule has 3 aromatic rings. The Morgan fingerprint density at radius 1 is 1.29 bits per heavy atom. The van der Waals surface area contributed by atoms with E-state index in [1.165, 1.54) is 4.90 Å². The minimum atomic E-state index is -0.371. The summed E-state index contributed by atoms with van der Waals surface area (Å²) in [5.74, 6) is 1.52. The van der Waals surface area contributed by atoms with Crippen molar-refractivity contribution in [3.05, 3.63) is 41.6 Å². The molecule has 1 aliphatic rings. The number of aromatic nitrogens is 4. The average Bonchev–Trinajstić information content (AvgIpc) is 3.26. The Labute approximate surface area is 204 Å². The molecule has 2 N–H and O–H groups in total. The third kappa shape index (κ3) is 5.73. The lowest BCUT2D eigenvalue weighted by Gasteiger charge is -2.28. The standard InChI is InChI=1S/C24H33N7O4/c1-15(2)20-14-26-31-21(20)28-23(34-10-9-30(4)24(32)35-19-12-25-13-19)29-22(31)27-16(3)17-7-6-8-18(11-17)33-5/h6-8,11,14-16,19,25H,9-10,12-13H2,1-5H3,(H,27,28,29)/t16-/m0/s1. The van der Waals surface area contributed by atoms with Gasteiger partial charge in [-0.05, 0) is 30.5 Å². The van der Waals surface area contributed by atoms with Crippen LogP contribution in [0, 0.1) is 0 Å². The lowest BCUT2D eigenvalue weighted by Crippen LogP contribution is -2.51. The van der Waals surface area contributed by atoms with E-state index in [0.717, 1.165) is 16.9 Å². The molecule has 1 fully saturated rings. The second-order valence-electron chi connectivity index (χ2n) is 8.90. The molecule has 1 aliphatic heterocycles. The van der Waals surface area contributed by atoms with Crippen molar-refractivity contribution in [2.24, 2.45) is 0 Å². The van der Waals surface area contributed by atoms with E-state index >= 15 is 0 Å². The zero-order valence-corrected chi connectivity index (χ0v) is 20.8. The Balaban J connectivity index is 1.50. The van der Waals surface area contributed by atoms with Gasteiger partial charge in [0.25, 0.3) is 0 Å². The van der Waals surface area contributed by atoms with Crippen LogP contribution < -0.4 is 20.1 Å². The summed E-state index contributed by atoms with van der Waals surface area (Å²) in [5, 5.41) is 11.0. The Hall–Kier alpha value is -3.60. The van der Waals surface area contributed by atoms with Gasteiger partial charge in [0.15, 0.2) is 5.65 Å². The predicted octanol–water partition coefficient (Wildman–Crippen LogP) is 2.85. The Kier molecular flexibility index (Phi) is 7.54. The van der Waals surface area contributed by atoms with Gasteiger partial charge in [0.2, 0.25) is 5.95 Å². The highest BCUT2D eigenvalue weighted by Gasteiger charge is 2.23. The number of fused-ring (bicyclic) bond motifs is 1. The Morgan fingerprint density at radius 3 is 2.77 bits per heavy atom. The van der Waals surface area contributed by atoms with E-state index in [2.05, 4.69) is 39.5 Å². The van der Waals surface area contributed by atoms with E-state index in [4.69, 9.17) is 14.2 Å². The minimum Gasteiger partial charge on any atom is -0.497 e. The maximum atomic E-state index is 12.2. The van der Waals surface area contributed by atoms with E-state index < -0.39 is 0 Å². The maximum Gasteiger partial charge on any atom is 0.409 e. The fraction of sp³-hybridized carbons (Fsp3) is 0.500. The van der Waals surface area contributed by atoms with E-state index in [-0.39, 0.29) is 36.8 Å². The zero-order valence-electron chi connectivity index (χ0n) is 20.8. The molecule has 4 rings (SSSR count). The highest BCUT2D eigenvalue weighted by molar-refractivity contribution is 5.67. The smallest absolute Gasteiger partial charge is 0.409 e. The monoisotopic (exact) mass is 483 g/mol. The lowest BCUT2D eigenvalue weighted by molar-refractivity contribution is 0.0416. The van der Waals surface area contributed by atoms with Crippen LogP contribution in [0.1, 0.15) is 43.9 Å². The summed E-state index contributed by atoms with van der Waals surface area (Å²) in [4.78, 5) is 22.8. The fourth-order valence-corrected chi connectivity index (χ4v) is 3.57. The summed E-state index contributed by atoms with van der Waals surface area (Å²) >= 11 is 0. The van der Waals surface area contributed by atoms with Crippen LogP contribution in [0.15, 0.2) is 30.5 Å². The summed E-state index contributed by atoms with van der Waals surface area (Å²) in [6.07, 6.45) is 1.37. The Morgan fingerprint density at radius 2 is 2.09 bits per heavy atom. The van der Waals surface area contributed by atoms with Gasteiger partial charge < -0.3 is 29.7 Å². The maximum absolute atomic E-state index is 12.2. The van der Waals surface area contributed by atoms with E-state index in [9.17, 15) is 4.79 Å². The number of ether oxygens (including phenoxy) is 3. The van der Waals surface area contributed by atoms with Crippen LogP contribution in [0.2, 0.25) is 0 Å². The molecule has 11 nitrogen and oxygen atoms in total. The second-order valence-corrected chi connectivity index (χ2v) is 8.90. The molecule has 1 saturated heterocycles. The van der Waals surface area contributed by atoms with Crippen LogP contribution >= 0.6 is 0 Å². The van der Waals surface area contributed by atoms with E-state index in [1.807, 2.05) is 31.2 Å². The molecule has 188 valence electrons. The number of amides is 1. The van der Waals surface area contributed by atoms with Gasteiger partial charge in [0, 0.05) is 25.7 Å². The van der Waals surface area contributed by atoms with E-state index in [0.29, 0.717) is 31.2 Å². The molecular weight excluding hydrogens is 450 g/mol. The number of rotatable bonds is 10. The van der Waals surface area contributed by atoms with Gasteiger partial charge in [-0.25, -0.2) is 4.79 Å². The van der Waals surface area contributed by atoms with Crippen molar-refractivity contribution >= 4 is 17.7 Å². The first-order valence-electron chi connectivity index (χ1n) is 11.8. The quantitative estimate of drug-likeness (QED) is 0.449. The van der Waals surface area contributed by atoms with Gasteiger partial charge in [-0.2, -0.15) is 19.6 Å². The minimum absolute atomic E-state index is 0.0619. The van der Waals surface area contributed by atoms with Crippen LogP contribution in [0.3, 0.4) is 0 Å². The molecule has 1 amide bonds. The zero-order chi connectivity index (χ0) is 24.9. The normalized spacial score (nSPS) is 14.5. The van der Waals surface area contributed by atoms with Gasteiger partial charge in [-0.3, -0.25) is 0 Å². The number of benzene rings is 1. The van der Waals surface area contributed by atoms with Crippen molar-refractivity contribution < 1.29 is 19.0 Å². The largest absolute Gasteiger partial charge is 0.497 e. The van der Waals surface area contributed by atoms with Crippen molar-refractivity contribution in [1.29, 1.82) is 0 Å². The number of anilines is 1. The molecule has 0 radical (unpaired) electrons. The first-order chi connectivity index (χ1) is 16.9. The van der Waals surface area contributed by atoms with Crippen molar-refractivity contribution in [2.45, 2.75) is 38.8 Å². The summed E-state index contributed by atoms with van der Waals surface area (Å²) in [5.41, 5.74) is 2.70. The summed E-state index contributed by atoms with van der Waals surface area (Å²) in [7, 11) is 3.33. The van der Waals surface area contributed by atoms with Crippen LogP contribution in [-0.4, -0.2) is 77.1 Å². The van der Waals surface area contributed by atoms with E-state index in [1.54, 1.807) is 24.9 Å². The summed E-state index contributed by atoms with van der Waals surface area (Å²) < 4.78 is 18.3. The van der Waals surface area contributed by atoms with Gasteiger partial charge in [-0.15, -0.1) is 0 Å². The number of likely N-dealkylation sites (N-methyl/N-ethyl adjacent to an activating group) is 1. The predicted molar refractivity (Wildman–Crippen MR) is 131 cm³/mol. The number of carbonyl (C=O) groups is 1. The number of nitrogens with zero attached hydrogens (tertiary/aromatic N) is 5. The van der Waals surface area contributed by atoms with Gasteiger partial charge in [0.05, 0.1) is 25.9 Å². The first-order valence-corrected chi connectivity index (χ1v) is 11.8. The summed E-state index contributed by atoms with van der Waals surface area (Å²) in [6.45, 7) is 8.16. The molecule has 1 atom stereocenters. The molecule has 11 heteroatoms. The number of carbonyl (C=O) groups excluding carboxylic acids is 1. The van der Waals surface area contributed by atoms with Crippen molar-refractivity contribution in [3.8, 4) is 11.8 Å². The average molecular weight is 484 g/mol. The second kappa shape index (κ2) is 10.8.